The van der Waals surface area contributed by atoms with E-state index in [2.05, 4.69) is 45.0 Å². The van der Waals surface area contributed by atoms with Crippen LogP contribution < -0.4 is 10.6 Å². The van der Waals surface area contributed by atoms with Crippen LogP contribution in [0.1, 0.15) is 37.5 Å². The minimum atomic E-state index is -1.15. The van der Waals surface area contributed by atoms with E-state index >= 15 is 0 Å². The number of guanidine groups is 1. The molecule has 168 valence electrons. The first-order valence-corrected chi connectivity index (χ1v) is 11.0. The van der Waals surface area contributed by atoms with Gasteiger partial charge in [0.2, 0.25) is 0 Å². The molecule has 3 N–H and O–H groups in total. The van der Waals surface area contributed by atoms with E-state index in [-0.39, 0.29) is 42.7 Å². The molecule has 30 heavy (non-hydrogen) atoms. The summed E-state index contributed by atoms with van der Waals surface area (Å²) in [5.41, 5.74) is -1.15. The number of hydrogen-bond acceptors (Lipinski definition) is 6. The highest BCUT2D eigenvalue weighted by Crippen LogP contribution is 2.26. The van der Waals surface area contributed by atoms with E-state index in [9.17, 15) is 5.11 Å². The first-order chi connectivity index (χ1) is 14.0. The predicted molar refractivity (Wildman–Crippen MR) is 132 cm³/mol. The molecule has 1 fully saturated rings. The first kappa shape index (κ1) is 25.1. The van der Waals surface area contributed by atoms with Crippen LogP contribution in [0.15, 0.2) is 45.3 Å². The number of halogens is 1. The fraction of sp³-hybridized carbons (Fsp3) is 0.571. The summed E-state index contributed by atoms with van der Waals surface area (Å²) in [6.07, 6.45) is 1.79. The monoisotopic (exact) mass is 548 g/mol. The Kier molecular flexibility index (Phi) is 10.1. The van der Waals surface area contributed by atoms with Gasteiger partial charge in [0.05, 0.1) is 31.6 Å². The van der Waals surface area contributed by atoms with Gasteiger partial charge < -0.3 is 24.9 Å². The van der Waals surface area contributed by atoms with E-state index in [4.69, 9.17) is 9.15 Å². The van der Waals surface area contributed by atoms with Crippen LogP contribution in [-0.2, 0) is 10.3 Å². The first-order valence-electron chi connectivity index (χ1n) is 10.2. The molecular formula is C21H33IN4O3S. The van der Waals surface area contributed by atoms with Crippen LogP contribution in [0.25, 0.3) is 0 Å². The second-order valence-corrected chi connectivity index (χ2v) is 8.51. The molecule has 1 aliphatic rings. The summed E-state index contributed by atoms with van der Waals surface area (Å²) >= 11 is 1.77. The maximum atomic E-state index is 10.7. The van der Waals surface area contributed by atoms with Crippen molar-refractivity contribution in [2.45, 2.75) is 38.5 Å². The van der Waals surface area contributed by atoms with Gasteiger partial charge in [-0.3, -0.25) is 4.90 Å². The zero-order chi connectivity index (χ0) is 20.7. The number of nitrogens with zero attached hydrogens (tertiary/aromatic N) is 2. The average molecular weight is 548 g/mol. The number of thiophene rings is 1. The molecule has 0 bridgehead atoms. The van der Waals surface area contributed by atoms with E-state index in [1.807, 2.05) is 6.92 Å². The lowest BCUT2D eigenvalue weighted by Crippen LogP contribution is -2.48. The Morgan fingerprint density at radius 1 is 1.40 bits per heavy atom. The number of furan rings is 1. The summed E-state index contributed by atoms with van der Waals surface area (Å²) < 4.78 is 11.1. The van der Waals surface area contributed by atoms with Crippen molar-refractivity contribution < 1.29 is 14.3 Å². The smallest absolute Gasteiger partial charge is 0.191 e. The van der Waals surface area contributed by atoms with Gasteiger partial charge in [-0.1, -0.05) is 6.07 Å². The van der Waals surface area contributed by atoms with Gasteiger partial charge in [0, 0.05) is 31.1 Å². The van der Waals surface area contributed by atoms with Crippen LogP contribution in [0, 0.1) is 0 Å². The Balaban J connectivity index is 0.00000320. The van der Waals surface area contributed by atoms with Crippen molar-refractivity contribution in [3.63, 3.8) is 0 Å². The molecule has 2 aromatic heterocycles. The zero-order valence-electron chi connectivity index (χ0n) is 17.8. The van der Waals surface area contributed by atoms with Gasteiger partial charge in [-0.15, -0.1) is 35.3 Å². The number of aliphatic imine (C=N–C) groups is 1. The minimum absolute atomic E-state index is 0. The quantitative estimate of drug-likeness (QED) is 0.267. The largest absolute Gasteiger partial charge is 0.466 e. The SMILES string of the molecule is CCNC(=NCC(C)(O)c1ccco1)NCC(c1cccs1)N1CCOC(C)C1.I. The summed E-state index contributed by atoms with van der Waals surface area (Å²) in [4.78, 5) is 8.39. The number of nitrogens with one attached hydrogen (secondary N) is 2. The molecule has 2 aromatic rings. The van der Waals surface area contributed by atoms with Crippen molar-refractivity contribution in [1.29, 1.82) is 0 Å². The standard InChI is InChI=1S/C21H32N4O3S.HI/c1-4-22-20(24-15-21(3,26)19-8-5-10-28-19)23-13-17(18-7-6-12-29-18)25-9-11-27-16(2)14-25;/h5-8,10,12,16-17,26H,4,9,11,13-15H2,1-3H3,(H2,22,23,24);1H. The Morgan fingerprint density at radius 2 is 2.23 bits per heavy atom. The van der Waals surface area contributed by atoms with Crippen molar-refractivity contribution in [3.05, 3.63) is 46.5 Å². The summed E-state index contributed by atoms with van der Waals surface area (Å²) in [5, 5.41) is 19.5. The molecule has 0 amide bonds. The van der Waals surface area contributed by atoms with E-state index in [0.29, 0.717) is 11.7 Å². The molecule has 0 aromatic carbocycles. The molecule has 1 saturated heterocycles. The van der Waals surface area contributed by atoms with Crippen molar-refractivity contribution in [2.24, 2.45) is 4.99 Å². The van der Waals surface area contributed by atoms with E-state index in [0.717, 1.165) is 32.8 Å². The molecular weight excluding hydrogens is 515 g/mol. The van der Waals surface area contributed by atoms with Crippen molar-refractivity contribution in [1.82, 2.24) is 15.5 Å². The maximum Gasteiger partial charge on any atom is 0.191 e. The normalized spacial score (nSPS) is 20.8. The molecule has 0 aliphatic carbocycles. The second kappa shape index (κ2) is 12.0. The second-order valence-electron chi connectivity index (χ2n) is 7.53. The molecule has 0 spiro atoms. The van der Waals surface area contributed by atoms with Crippen LogP contribution >= 0.6 is 35.3 Å². The van der Waals surface area contributed by atoms with Gasteiger partial charge >= 0.3 is 0 Å². The number of ether oxygens (including phenoxy) is 1. The third kappa shape index (κ3) is 6.94. The highest BCUT2D eigenvalue weighted by molar-refractivity contribution is 14.0. The molecule has 7 nitrogen and oxygen atoms in total. The molecule has 9 heteroatoms. The Bertz CT molecular complexity index is 752. The Labute approximate surface area is 199 Å². The van der Waals surface area contributed by atoms with E-state index in [1.54, 1.807) is 36.7 Å². The van der Waals surface area contributed by atoms with Gasteiger partial charge in [0.25, 0.3) is 0 Å². The highest BCUT2D eigenvalue weighted by Gasteiger charge is 2.28. The van der Waals surface area contributed by atoms with Crippen LogP contribution in [0.4, 0.5) is 0 Å². The molecule has 3 atom stereocenters. The fourth-order valence-electron chi connectivity index (χ4n) is 3.45. The predicted octanol–water partition coefficient (Wildman–Crippen LogP) is 3.18. The van der Waals surface area contributed by atoms with E-state index < -0.39 is 5.60 Å². The van der Waals surface area contributed by atoms with Crippen molar-refractivity contribution >= 4 is 41.3 Å². The van der Waals surface area contributed by atoms with Crippen LogP contribution in [0.2, 0.25) is 0 Å². The molecule has 1 aliphatic heterocycles. The molecule has 3 rings (SSSR count). The summed E-state index contributed by atoms with van der Waals surface area (Å²) in [7, 11) is 0. The third-order valence-electron chi connectivity index (χ3n) is 4.99. The Morgan fingerprint density at radius 3 is 2.87 bits per heavy atom. The molecule has 0 radical (unpaired) electrons. The summed E-state index contributed by atoms with van der Waals surface area (Å²) in [6.45, 7) is 10.1. The van der Waals surface area contributed by atoms with Gasteiger partial charge in [-0.05, 0) is 44.4 Å². The van der Waals surface area contributed by atoms with E-state index in [1.165, 1.54) is 4.88 Å². The Hall–Kier alpha value is -1.14. The number of aliphatic hydroxyl groups is 1. The number of hydrogen-bond donors (Lipinski definition) is 3. The van der Waals surface area contributed by atoms with Gasteiger partial charge in [-0.2, -0.15) is 0 Å². The number of rotatable bonds is 8. The number of morpholine rings is 1. The lowest BCUT2D eigenvalue weighted by atomic mass is 10.0. The average Bonchev–Trinajstić information content (AvgIpc) is 3.41. The summed E-state index contributed by atoms with van der Waals surface area (Å²) in [6, 6.07) is 8.06. The van der Waals surface area contributed by atoms with Crippen LogP contribution in [0.5, 0.6) is 0 Å². The van der Waals surface area contributed by atoms with Gasteiger partial charge in [0.15, 0.2) is 5.96 Å². The van der Waals surface area contributed by atoms with Gasteiger partial charge in [-0.25, -0.2) is 4.99 Å². The topological polar surface area (TPSA) is 82.3 Å². The molecule has 0 saturated carbocycles. The lowest BCUT2D eigenvalue weighted by molar-refractivity contribution is -0.0334. The van der Waals surface area contributed by atoms with Crippen LogP contribution in [-0.4, -0.2) is 61.4 Å². The van der Waals surface area contributed by atoms with Crippen LogP contribution in [0.3, 0.4) is 0 Å². The molecule has 3 heterocycles. The van der Waals surface area contributed by atoms with Crippen molar-refractivity contribution in [3.8, 4) is 0 Å². The summed E-state index contributed by atoms with van der Waals surface area (Å²) in [5.74, 6) is 1.19. The molecule has 3 unspecified atom stereocenters. The van der Waals surface area contributed by atoms with Crippen molar-refractivity contribution in [2.75, 3.05) is 39.3 Å². The highest BCUT2D eigenvalue weighted by atomic mass is 127. The minimum Gasteiger partial charge on any atom is -0.466 e. The lowest BCUT2D eigenvalue weighted by Gasteiger charge is -2.37. The van der Waals surface area contributed by atoms with Gasteiger partial charge in [0.1, 0.15) is 11.4 Å². The maximum absolute atomic E-state index is 10.7. The fourth-order valence-corrected chi connectivity index (χ4v) is 4.31. The zero-order valence-corrected chi connectivity index (χ0v) is 21.0. The third-order valence-corrected chi connectivity index (χ3v) is 5.96.